The minimum atomic E-state index is -0.410. The number of halogens is 1. The van der Waals surface area contributed by atoms with Crippen LogP contribution in [-0.2, 0) is 0 Å². The fourth-order valence-corrected chi connectivity index (χ4v) is 3.51. The number of anilines is 2. The van der Waals surface area contributed by atoms with E-state index in [4.69, 9.17) is 4.42 Å². The van der Waals surface area contributed by atoms with Gasteiger partial charge in [0.2, 0.25) is 0 Å². The lowest BCUT2D eigenvalue weighted by Gasteiger charge is -2.16. The first-order chi connectivity index (χ1) is 17.3. The van der Waals surface area contributed by atoms with Crippen LogP contribution in [0.5, 0.6) is 0 Å². The number of furan rings is 1. The molecular weight excluding hydrogens is 461 g/mol. The first-order valence-electron chi connectivity index (χ1n) is 11.2. The van der Waals surface area contributed by atoms with Crippen molar-refractivity contribution in [2.45, 2.75) is 19.9 Å². The molecule has 0 aliphatic rings. The van der Waals surface area contributed by atoms with E-state index in [-0.39, 0.29) is 23.6 Å². The van der Waals surface area contributed by atoms with Crippen LogP contribution >= 0.6 is 0 Å². The van der Waals surface area contributed by atoms with E-state index >= 15 is 0 Å². The maximum Gasteiger partial charge on any atom is 0.291 e. The molecule has 3 N–H and O–H groups in total. The fraction of sp³-hybridized carbons (Fsp3) is 0.107. The van der Waals surface area contributed by atoms with E-state index < -0.39 is 11.7 Å². The predicted molar refractivity (Wildman–Crippen MR) is 135 cm³/mol. The number of rotatable bonds is 7. The van der Waals surface area contributed by atoms with Crippen molar-refractivity contribution in [3.8, 4) is 0 Å². The molecule has 0 saturated heterocycles. The van der Waals surface area contributed by atoms with Crippen LogP contribution in [0.15, 0.2) is 89.5 Å². The number of carbonyl (C=O) groups excluding carboxylic acids is 3. The van der Waals surface area contributed by atoms with E-state index in [2.05, 4.69) is 16.0 Å². The average Bonchev–Trinajstić information content (AvgIpc) is 3.41. The lowest BCUT2D eigenvalue weighted by atomic mass is 10.1. The maximum absolute atomic E-state index is 13.1. The summed E-state index contributed by atoms with van der Waals surface area (Å²) >= 11 is 0. The third-order valence-electron chi connectivity index (χ3n) is 5.62. The fourth-order valence-electron chi connectivity index (χ4n) is 3.51. The van der Waals surface area contributed by atoms with E-state index in [0.29, 0.717) is 22.5 Å². The quantitative estimate of drug-likeness (QED) is 0.312. The molecule has 1 aromatic heterocycles. The van der Waals surface area contributed by atoms with Gasteiger partial charge in [-0.15, -0.1) is 0 Å². The standard InChI is InChI=1S/C28H24FN3O4/c1-17-5-6-21(16-24(17)32-28(35)25-4-3-15-36-25)27(34)30-18(2)19-9-13-23(14-10-19)31-26(33)20-7-11-22(29)12-8-20/h3-16,18H,1-2H3,(H,30,34)(H,31,33)(H,32,35). The van der Waals surface area contributed by atoms with Crippen molar-refractivity contribution in [2.75, 3.05) is 10.6 Å². The molecule has 1 heterocycles. The first kappa shape index (κ1) is 24.4. The Balaban J connectivity index is 1.38. The summed E-state index contributed by atoms with van der Waals surface area (Å²) in [7, 11) is 0. The maximum atomic E-state index is 13.1. The summed E-state index contributed by atoms with van der Waals surface area (Å²) in [4.78, 5) is 37.5. The molecule has 3 amide bonds. The molecule has 0 radical (unpaired) electrons. The normalized spacial score (nSPS) is 11.4. The van der Waals surface area contributed by atoms with Gasteiger partial charge < -0.3 is 20.4 Å². The van der Waals surface area contributed by atoms with Gasteiger partial charge >= 0.3 is 0 Å². The first-order valence-corrected chi connectivity index (χ1v) is 11.2. The van der Waals surface area contributed by atoms with Gasteiger partial charge in [0.1, 0.15) is 5.82 Å². The van der Waals surface area contributed by atoms with Gasteiger partial charge in [-0.3, -0.25) is 14.4 Å². The zero-order chi connectivity index (χ0) is 25.7. The Morgan fingerprint density at radius 3 is 2.17 bits per heavy atom. The second-order valence-corrected chi connectivity index (χ2v) is 8.24. The molecule has 3 aromatic carbocycles. The number of hydrogen-bond acceptors (Lipinski definition) is 4. The Kier molecular flexibility index (Phi) is 7.25. The third-order valence-corrected chi connectivity index (χ3v) is 5.62. The van der Waals surface area contributed by atoms with Crippen molar-refractivity contribution < 1.29 is 23.2 Å². The molecule has 1 atom stereocenters. The number of carbonyl (C=O) groups is 3. The van der Waals surface area contributed by atoms with Gasteiger partial charge in [-0.25, -0.2) is 4.39 Å². The minimum absolute atomic E-state index is 0.176. The lowest BCUT2D eigenvalue weighted by Crippen LogP contribution is -2.27. The van der Waals surface area contributed by atoms with Crippen LogP contribution in [0.3, 0.4) is 0 Å². The summed E-state index contributed by atoms with van der Waals surface area (Å²) in [6.45, 7) is 3.68. The van der Waals surface area contributed by atoms with Gasteiger partial charge in [-0.2, -0.15) is 0 Å². The Labute approximate surface area is 207 Å². The molecule has 7 nitrogen and oxygen atoms in total. The average molecular weight is 486 g/mol. The topological polar surface area (TPSA) is 100 Å². The molecule has 4 aromatic rings. The minimum Gasteiger partial charge on any atom is -0.459 e. The smallest absolute Gasteiger partial charge is 0.291 e. The SMILES string of the molecule is Cc1ccc(C(=O)NC(C)c2ccc(NC(=O)c3ccc(F)cc3)cc2)cc1NC(=O)c1ccco1. The molecule has 0 spiro atoms. The second-order valence-electron chi connectivity index (χ2n) is 8.24. The molecule has 0 aliphatic heterocycles. The molecule has 8 heteroatoms. The van der Waals surface area contributed by atoms with Gasteiger partial charge in [0.15, 0.2) is 5.76 Å². The molecule has 182 valence electrons. The number of nitrogens with one attached hydrogen (secondary N) is 3. The Morgan fingerprint density at radius 2 is 1.50 bits per heavy atom. The molecular formula is C28H24FN3O4. The van der Waals surface area contributed by atoms with Crippen molar-refractivity contribution in [2.24, 2.45) is 0 Å². The number of amides is 3. The van der Waals surface area contributed by atoms with E-state index in [1.165, 1.54) is 30.5 Å². The van der Waals surface area contributed by atoms with Crippen LogP contribution in [0.1, 0.15) is 55.4 Å². The molecule has 0 fully saturated rings. The van der Waals surface area contributed by atoms with Crippen molar-refractivity contribution in [1.82, 2.24) is 5.32 Å². The third kappa shape index (κ3) is 5.85. The van der Waals surface area contributed by atoms with Crippen LogP contribution in [0.25, 0.3) is 0 Å². The number of benzene rings is 3. The van der Waals surface area contributed by atoms with Gasteiger partial charge in [-0.1, -0.05) is 18.2 Å². The summed E-state index contributed by atoms with van der Waals surface area (Å²) in [6, 6.07) is 20.3. The highest BCUT2D eigenvalue weighted by Gasteiger charge is 2.15. The summed E-state index contributed by atoms with van der Waals surface area (Å²) < 4.78 is 18.2. The molecule has 4 rings (SSSR count). The summed E-state index contributed by atoms with van der Waals surface area (Å²) in [5.41, 5.74) is 3.46. The van der Waals surface area contributed by atoms with Crippen LogP contribution < -0.4 is 16.0 Å². The Morgan fingerprint density at radius 1 is 0.806 bits per heavy atom. The summed E-state index contributed by atoms with van der Waals surface area (Å²) in [5.74, 6) is -1.29. The highest BCUT2D eigenvalue weighted by molar-refractivity contribution is 6.04. The van der Waals surface area contributed by atoms with Gasteiger partial charge in [0, 0.05) is 22.5 Å². The van der Waals surface area contributed by atoms with Crippen molar-refractivity contribution in [3.63, 3.8) is 0 Å². The van der Waals surface area contributed by atoms with Gasteiger partial charge in [0.25, 0.3) is 17.7 Å². The largest absolute Gasteiger partial charge is 0.459 e. The molecule has 1 unspecified atom stereocenters. The predicted octanol–water partition coefficient (Wildman–Crippen LogP) is 5.72. The number of hydrogen-bond donors (Lipinski definition) is 3. The van der Waals surface area contributed by atoms with Crippen LogP contribution in [0, 0.1) is 12.7 Å². The summed E-state index contributed by atoms with van der Waals surface area (Å²) in [5, 5.41) is 8.46. The molecule has 36 heavy (non-hydrogen) atoms. The lowest BCUT2D eigenvalue weighted by molar-refractivity contribution is 0.0937. The van der Waals surface area contributed by atoms with Crippen LogP contribution in [-0.4, -0.2) is 17.7 Å². The Hall–Kier alpha value is -4.72. The molecule has 0 aliphatic carbocycles. The van der Waals surface area contributed by atoms with E-state index in [1.807, 2.05) is 13.8 Å². The van der Waals surface area contributed by atoms with Gasteiger partial charge in [-0.05, 0) is 85.6 Å². The van der Waals surface area contributed by atoms with Crippen molar-refractivity contribution in [3.05, 3.63) is 119 Å². The monoisotopic (exact) mass is 485 g/mol. The van der Waals surface area contributed by atoms with E-state index in [1.54, 1.807) is 54.6 Å². The zero-order valence-electron chi connectivity index (χ0n) is 19.7. The summed E-state index contributed by atoms with van der Waals surface area (Å²) in [6.07, 6.45) is 1.42. The second kappa shape index (κ2) is 10.7. The van der Waals surface area contributed by atoms with Crippen molar-refractivity contribution >= 4 is 29.1 Å². The zero-order valence-corrected chi connectivity index (χ0v) is 19.7. The van der Waals surface area contributed by atoms with Crippen LogP contribution in [0.2, 0.25) is 0 Å². The number of aryl methyl sites for hydroxylation is 1. The highest BCUT2D eigenvalue weighted by atomic mass is 19.1. The van der Waals surface area contributed by atoms with Crippen molar-refractivity contribution in [1.29, 1.82) is 0 Å². The Bertz CT molecular complexity index is 1380. The van der Waals surface area contributed by atoms with E-state index in [9.17, 15) is 18.8 Å². The molecule has 0 saturated carbocycles. The molecule has 0 bridgehead atoms. The van der Waals surface area contributed by atoms with E-state index in [0.717, 1.165) is 11.1 Å². The van der Waals surface area contributed by atoms with Gasteiger partial charge in [0.05, 0.1) is 12.3 Å². The van der Waals surface area contributed by atoms with Crippen LogP contribution in [0.4, 0.5) is 15.8 Å². The highest BCUT2D eigenvalue weighted by Crippen LogP contribution is 2.21.